The third-order valence-corrected chi connectivity index (χ3v) is 5.53. The third-order valence-electron chi connectivity index (χ3n) is 5.53. The number of amides is 1. The zero-order valence-electron chi connectivity index (χ0n) is 16.8. The molecule has 1 aliphatic heterocycles. The molecule has 154 valence electrons. The van der Waals surface area contributed by atoms with Crippen LogP contribution in [0.25, 0.3) is 16.7 Å². The number of nitriles is 1. The lowest BCUT2D eigenvalue weighted by atomic mass is 10.1. The topological polar surface area (TPSA) is 113 Å². The van der Waals surface area contributed by atoms with Crippen molar-refractivity contribution in [3.8, 4) is 17.5 Å². The Bertz CT molecular complexity index is 1300. The predicted octanol–water partition coefficient (Wildman–Crippen LogP) is 3.00. The molecule has 2 aromatic carbocycles. The van der Waals surface area contributed by atoms with Crippen LogP contribution in [0.3, 0.4) is 0 Å². The van der Waals surface area contributed by atoms with Gasteiger partial charge < -0.3 is 14.6 Å². The molecular formula is C22H19N7O2. The third kappa shape index (κ3) is 3.28. The second-order valence-corrected chi connectivity index (χ2v) is 7.32. The van der Waals surface area contributed by atoms with Crippen molar-refractivity contribution in [1.29, 1.82) is 5.26 Å². The van der Waals surface area contributed by atoms with Crippen molar-refractivity contribution < 1.29 is 9.53 Å². The number of likely N-dealkylation sites (tertiary alicyclic amines) is 1. The molecule has 9 nitrogen and oxygen atoms in total. The zero-order valence-corrected chi connectivity index (χ0v) is 16.8. The van der Waals surface area contributed by atoms with E-state index in [0.29, 0.717) is 23.4 Å². The van der Waals surface area contributed by atoms with E-state index in [2.05, 4.69) is 21.3 Å². The highest BCUT2D eigenvalue weighted by molar-refractivity contribution is 5.98. The van der Waals surface area contributed by atoms with E-state index in [0.717, 1.165) is 35.4 Å². The van der Waals surface area contributed by atoms with Crippen LogP contribution in [0, 0.1) is 11.3 Å². The Kier molecular flexibility index (Phi) is 4.59. The summed E-state index contributed by atoms with van der Waals surface area (Å²) < 4.78 is 5.29. The molecule has 0 saturated carbocycles. The number of carbonyl (C=O) groups excluding carboxylic acids is 1. The van der Waals surface area contributed by atoms with E-state index in [1.807, 2.05) is 18.2 Å². The number of ether oxygens (including phenoxy) is 1. The minimum Gasteiger partial charge on any atom is -0.497 e. The van der Waals surface area contributed by atoms with Gasteiger partial charge in [-0.25, -0.2) is 4.98 Å². The van der Waals surface area contributed by atoms with Crippen LogP contribution in [-0.2, 0) is 0 Å². The van der Waals surface area contributed by atoms with Crippen LogP contribution in [-0.4, -0.2) is 49.4 Å². The molecule has 1 amide bonds. The first-order valence-corrected chi connectivity index (χ1v) is 9.93. The van der Waals surface area contributed by atoms with Gasteiger partial charge in [-0.2, -0.15) is 20.3 Å². The van der Waals surface area contributed by atoms with Gasteiger partial charge in [0.2, 0.25) is 0 Å². The number of rotatable bonds is 4. The van der Waals surface area contributed by atoms with Gasteiger partial charge in [0.15, 0.2) is 0 Å². The molecule has 1 saturated heterocycles. The SMILES string of the molecule is COc1ccc2nc([C@@H]3CCCN3C(=O)c3cc(C#N)ccc3-n3nccn3)[nH]c2c1. The monoisotopic (exact) mass is 413 g/mol. The van der Waals surface area contributed by atoms with E-state index < -0.39 is 0 Å². The van der Waals surface area contributed by atoms with Crippen LogP contribution >= 0.6 is 0 Å². The molecule has 1 aliphatic rings. The first-order valence-electron chi connectivity index (χ1n) is 9.93. The lowest BCUT2D eigenvalue weighted by Gasteiger charge is -2.24. The molecule has 0 radical (unpaired) electrons. The molecule has 1 atom stereocenters. The molecule has 3 heterocycles. The Balaban J connectivity index is 1.53. The van der Waals surface area contributed by atoms with Crippen LogP contribution in [0.2, 0.25) is 0 Å². The van der Waals surface area contributed by atoms with E-state index in [4.69, 9.17) is 9.72 Å². The Hall–Kier alpha value is -4.19. The number of benzene rings is 2. The number of nitrogens with one attached hydrogen (secondary N) is 1. The van der Waals surface area contributed by atoms with Gasteiger partial charge in [-0.1, -0.05) is 0 Å². The minimum atomic E-state index is -0.185. The maximum absolute atomic E-state index is 13.6. The van der Waals surface area contributed by atoms with Crippen molar-refractivity contribution in [2.75, 3.05) is 13.7 Å². The molecule has 0 aliphatic carbocycles. The van der Waals surface area contributed by atoms with Gasteiger partial charge in [-0.3, -0.25) is 4.79 Å². The van der Waals surface area contributed by atoms with Gasteiger partial charge in [-0.05, 0) is 43.2 Å². The normalized spacial score (nSPS) is 15.9. The van der Waals surface area contributed by atoms with Crippen LogP contribution in [0.4, 0.5) is 0 Å². The fourth-order valence-electron chi connectivity index (χ4n) is 4.03. The number of aromatic amines is 1. The molecule has 4 aromatic rings. The number of aromatic nitrogens is 5. The van der Waals surface area contributed by atoms with Gasteiger partial charge in [-0.15, -0.1) is 0 Å². The number of nitrogens with zero attached hydrogens (tertiary/aromatic N) is 6. The Morgan fingerprint density at radius 1 is 1.23 bits per heavy atom. The zero-order chi connectivity index (χ0) is 21.4. The molecule has 5 rings (SSSR count). The smallest absolute Gasteiger partial charge is 0.256 e. The second kappa shape index (κ2) is 7.57. The number of H-pyrrole nitrogens is 1. The first kappa shape index (κ1) is 18.8. The van der Waals surface area contributed by atoms with Gasteiger partial charge >= 0.3 is 0 Å². The lowest BCUT2D eigenvalue weighted by Crippen LogP contribution is -2.32. The van der Waals surface area contributed by atoms with Crippen LogP contribution < -0.4 is 4.74 Å². The highest BCUT2D eigenvalue weighted by atomic mass is 16.5. The molecule has 0 unspecified atom stereocenters. The molecule has 31 heavy (non-hydrogen) atoms. The van der Waals surface area contributed by atoms with Crippen molar-refractivity contribution in [2.45, 2.75) is 18.9 Å². The molecular weight excluding hydrogens is 394 g/mol. The van der Waals surface area contributed by atoms with Gasteiger partial charge in [0.25, 0.3) is 5.91 Å². The van der Waals surface area contributed by atoms with Gasteiger partial charge in [0, 0.05) is 12.6 Å². The van der Waals surface area contributed by atoms with E-state index in [9.17, 15) is 10.1 Å². The summed E-state index contributed by atoms with van der Waals surface area (Å²) in [5.74, 6) is 1.31. The fourth-order valence-corrected chi connectivity index (χ4v) is 4.03. The van der Waals surface area contributed by atoms with Crippen LogP contribution in [0.5, 0.6) is 5.75 Å². The Morgan fingerprint density at radius 3 is 2.84 bits per heavy atom. The summed E-state index contributed by atoms with van der Waals surface area (Å²) in [6.45, 7) is 0.604. The largest absolute Gasteiger partial charge is 0.497 e. The molecule has 9 heteroatoms. The highest BCUT2D eigenvalue weighted by Gasteiger charge is 2.34. The number of fused-ring (bicyclic) bond motifs is 1. The Labute approximate surface area is 177 Å². The van der Waals surface area contributed by atoms with E-state index in [-0.39, 0.29) is 11.9 Å². The molecule has 0 bridgehead atoms. The van der Waals surface area contributed by atoms with Crippen molar-refractivity contribution in [3.05, 3.63) is 65.7 Å². The maximum atomic E-state index is 13.6. The number of hydrogen-bond acceptors (Lipinski definition) is 6. The second-order valence-electron chi connectivity index (χ2n) is 7.32. The fraction of sp³-hybridized carbons (Fsp3) is 0.227. The van der Waals surface area contributed by atoms with Gasteiger partial charge in [0.05, 0.1) is 59.5 Å². The first-order chi connectivity index (χ1) is 15.2. The summed E-state index contributed by atoms with van der Waals surface area (Å²) in [5.41, 5.74) is 3.02. The van der Waals surface area contributed by atoms with Gasteiger partial charge in [0.1, 0.15) is 11.6 Å². The summed E-state index contributed by atoms with van der Waals surface area (Å²) in [7, 11) is 1.62. The molecule has 0 spiro atoms. The van der Waals surface area contributed by atoms with E-state index >= 15 is 0 Å². The standard InChI is InChI=1S/C22H19N7O2/c1-31-15-5-6-17-18(12-15)27-21(26-17)20-3-2-10-28(20)22(30)16-11-14(13-23)4-7-19(16)29-24-8-9-25-29/h4-9,11-12,20H,2-3,10H2,1H3,(H,26,27)/t20-/m0/s1. The number of imidazole rings is 1. The number of carbonyl (C=O) groups is 1. The molecule has 1 fully saturated rings. The maximum Gasteiger partial charge on any atom is 0.256 e. The van der Waals surface area contributed by atoms with Crippen molar-refractivity contribution >= 4 is 16.9 Å². The van der Waals surface area contributed by atoms with Crippen LogP contribution in [0.1, 0.15) is 40.6 Å². The lowest BCUT2D eigenvalue weighted by molar-refractivity contribution is 0.0730. The quantitative estimate of drug-likeness (QED) is 0.550. The summed E-state index contributed by atoms with van der Waals surface area (Å²) in [4.78, 5) is 24.9. The van der Waals surface area contributed by atoms with Crippen LogP contribution in [0.15, 0.2) is 48.8 Å². The summed E-state index contributed by atoms with van der Waals surface area (Å²) >= 11 is 0. The minimum absolute atomic E-state index is 0.176. The number of methoxy groups -OCH3 is 1. The van der Waals surface area contributed by atoms with Crippen molar-refractivity contribution in [2.24, 2.45) is 0 Å². The van der Waals surface area contributed by atoms with E-state index in [1.54, 1.807) is 42.6 Å². The molecule has 1 N–H and O–H groups in total. The van der Waals surface area contributed by atoms with Crippen molar-refractivity contribution in [1.82, 2.24) is 29.9 Å². The average Bonchev–Trinajstić information content (AvgIpc) is 3.57. The number of hydrogen-bond donors (Lipinski definition) is 1. The highest BCUT2D eigenvalue weighted by Crippen LogP contribution is 2.34. The average molecular weight is 413 g/mol. The summed E-state index contributed by atoms with van der Waals surface area (Å²) in [6.07, 6.45) is 4.77. The molecule has 2 aromatic heterocycles. The van der Waals surface area contributed by atoms with Crippen molar-refractivity contribution in [3.63, 3.8) is 0 Å². The summed E-state index contributed by atoms with van der Waals surface area (Å²) in [6, 6.07) is 12.5. The van der Waals surface area contributed by atoms with E-state index in [1.165, 1.54) is 4.80 Å². The predicted molar refractivity (Wildman–Crippen MR) is 112 cm³/mol. The Morgan fingerprint density at radius 2 is 2.06 bits per heavy atom. The summed E-state index contributed by atoms with van der Waals surface area (Å²) in [5, 5.41) is 17.7.